The highest BCUT2D eigenvalue weighted by Gasteiger charge is 2.26. The van der Waals surface area contributed by atoms with E-state index >= 15 is 0 Å². The number of nitrogens with one attached hydrogen (secondary N) is 1. The molecule has 1 aliphatic rings. The van der Waals surface area contributed by atoms with Crippen molar-refractivity contribution in [1.29, 1.82) is 0 Å². The summed E-state index contributed by atoms with van der Waals surface area (Å²) in [5, 5.41) is 4.83. The average Bonchev–Trinajstić information content (AvgIpc) is 3.37. The number of hydrogen-bond donors (Lipinski definition) is 1. The molecule has 0 radical (unpaired) electrons. The van der Waals surface area contributed by atoms with E-state index in [0.29, 0.717) is 17.8 Å². The molecule has 0 bridgehead atoms. The Morgan fingerprint density at radius 1 is 1.10 bits per heavy atom. The quantitative estimate of drug-likeness (QED) is 0.649. The molecule has 1 aliphatic heterocycles. The Balaban J connectivity index is 1.50. The van der Waals surface area contributed by atoms with Crippen LogP contribution in [0.5, 0.6) is 5.75 Å². The number of benzene rings is 2. The number of anilines is 2. The smallest absolute Gasteiger partial charge is 0.268 e. The second-order valence-corrected chi connectivity index (χ2v) is 8.12. The maximum atomic E-state index is 12.8. The molecular formula is C23H22N2O3S. The SMILES string of the molecule is CC(C)Oc1ccc(C(=O)Nc2ccc3c(c2)N(C(=O)c2cccs2)CC3)cc1. The largest absolute Gasteiger partial charge is 0.491 e. The van der Waals surface area contributed by atoms with E-state index in [2.05, 4.69) is 5.32 Å². The molecule has 2 amide bonds. The van der Waals surface area contributed by atoms with Crippen LogP contribution in [0.3, 0.4) is 0 Å². The molecule has 29 heavy (non-hydrogen) atoms. The minimum Gasteiger partial charge on any atom is -0.491 e. The lowest BCUT2D eigenvalue weighted by atomic mass is 10.1. The van der Waals surface area contributed by atoms with Gasteiger partial charge < -0.3 is 15.0 Å². The lowest BCUT2D eigenvalue weighted by Crippen LogP contribution is -2.28. The summed E-state index contributed by atoms with van der Waals surface area (Å²) in [5.41, 5.74) is 3.19. The first-order valence-electron chi connectivity index (χ1n) is 9.57. The van der Waals surface area contributed by atoms with Crippen molar-refractivity contribution < 1.29 is 14.3 Å². The van der Waals surface area contributed by atoms with Crippen molar-refractivity contribution in [2.45, 2.75) is 26.4 Å². The summed E-state index contributed by atoms with van der Waals surface area (Å²) in [6.45, 7) is 4.57. The van der Waals surface area contributed by atoms with Crippen LogP contribution in [0.2, 0.25) is 0 Å². The van der Waals surface area contributed by atoms with Gasteiger partial charge in [-0.15, -0.1) is 11.3 Å². The zero-order chi connectivity index (χ0) is 20.4. The van der Waals surface area contributed by atoms with E-state index in [-0.39, 0.29) is 17.9 Å². The molecule has 6 heteroatoms. The number of fused-ring (bicyclic) bond motifs is 1. The molecule has 0 unspecified atom stereocenters. The molecule has 2 aromatic carbocycles. The second-order valence-electron chi connectivity index (χ2n) is 7.17. The highest BCUT2D eigenvalue weighted by Crippen LogP contribution is 2.32. The molecule has 4 rings (SSSR count). The summed E-state index contributed by atoms with van der Waals surface area (Å²) in [5.74, 6) is 0.537. The van der Waals surface area contributed by atoms with Gasteiger partial charge in [0.25, 0.3) is 11.8 Å². The lowest BCUT2D eigenvalue weighted by Gasteiger charge is -2.17. The third kappa shape index (κ3) is 4.17. The molecule has 2 heterocycles. The number of thiophene rings is 1. The summed E-state index contributed by atoms with van der Waals surface area (Å²) in [7, 11) is 0. The van der Waals surface area contributed by atoms with Gasteiger partial charge in [0.1, 0.15) is 5.75 Å². The van der Waals surface area contributed by atoms with Crippen molar-refractivity contribution in [3.63, 3.8) is 0 Å². The molecule has 1 aromatic heterocycles. The van der Waals surface area contributed by atoms with Crippen LogP contribution < -0.4 is 15.0 Å². The van der Waals surface area contributed by atoms with Gasteiger partial charge in [-0.1, -0.05) is 12.1 Å². The molecule has 0 fully saturated rings. The number of carbonyl (C=O) groups excluding carboxylic acids is 2. The van der Waals surface area contributed by atoms with Crippen LogP contribution in [0.4, 0.5) is 11.4 Å². The first kappa shape index (κ1) is 19.2. The lowest BCUT2D eigenvalue weighted by molar-refractivity contribution is 0.0991. The zero-order valence-corrected chi connectivity index (χ0v) is 17.2. The van der Waals surface area contributed by atoms with Crippen LogP contribution in [-0.2, 0) is 6.42 Å². The first-order valence-corrected chi connectivity index (χ1v) is 10.5. The Labute approximate surface area is 173 Å². The summed E-state index contributed by atoms with van der Waals surface area (Å²) in [6.07, 6.45) is 0.902. The molecule has 0 aliphatic carbocycles. The van der Waals surface area contributed by atoms with E-state index in [9.17, 15) is 9.59 Å². The van der Waals surface area contributed by atoms with E-state index in [0.717, 1.165) is 28.3 Å². The van der Waals surface area contributed by atoms with Crippen LogP contribution in [0.15, 0.2) is 60.0 Å². The monoisotopic (exact) mass is 406 g/mol. The van der Waals surface area contributed by atoms with E-state index < -0.39 is 0 Å². The Kier molecular flexibility index (Phi) is 5.36. The predicted octanol–water partition coefficient (Wildman–Crippen LogP) is 4.99. The fraction of sp³-hybridized carbons (Fsp3) is 0.217. The van der Waals surface area contributed by atoms with Crippen LogP contribution in [0.25, 0.3) is 0 Å². The van der Waals surface area contributed by atoms with Gasteiger partial charge >= 0.3 is 0 Å². The van der Waals surface area contributed by atoms with Crippen LogP contribution in [-0.4, -0.2) is 24.5 Å². The molecule has 5 nitrogen and oxygen atoms in total. The molecular weight excluding hydrogens is 384 g/mol. The van der Waals surface area contributed by atoms with Gasteiger partial charge in [0.2, 0.25) is 0 Å². The summed E-state index contributed by atoms with van der Waals surface area (Å²) in [4.78, 5) is 27.9. The molecule has 0 spiro atoms. The Bertz CT molecular complexity index is 1030. The van der Waals surface area contributed by atoms with Gasteiger partial charge in [0.05, 0.1) is 11.0 Å². The fourth-order valence-corrected chi connectivity index (χ4v) is 4.03. The van der Waals surface area contributed by atoms with Crippen molar-refractivity contribution in [3.05, 3.63) is 76.0 Å². The molecule has 1 N–H and O–H groups in total. The van der Waals surface area contributed by atoms with E-state index in [1.54, 1.807) is 29.2 Å². The minimum atomic E-state index is -0.199. The third-order valence-corrected chi connectivity index (χ3v) is 5.56. The highest BCUT2D eigenvalue weighted by molar-refractivity contribution is 7.12. The number of rotatable bonds is 5. The predicted molar refractivity (Wildman–Crippen MR) is 116 cm³/mol. The van der Waals surface area contributed by atoms with Gasteiger partial charge in [-0.3, -0.25) is 9.59 Å². The average molecular weight is 407 g/mol. The highest BCUT2D eigenvalue weighted by atomic mass is 32.1. The van der Waals surface area contributed by atoms with E-state index in [4.69, 9.17) is 4.74 Å². The van der Waals surface area contributed by atoms with Gasteiger partial charge in [-0.05, 0) is 73.7 Å². The van der Waals surface area contributed by atoms with Crippen molar-refractivity contribution >= 4 is 34.5 Å². The number of nitrogens with zero attached hydrogens (tertiary/aromatic N) is 1. The van der Waals surface area contributed by atoms with Crippen LogP contribution >= 0.6 is 11.3 Å². The number of ether oxygens (including phenoxy) is 1. The summed E-state index contributed by atoms with van der Waals surface area (Å²) in [6, 6.07) is 16.5. The second kappa shape index (κ2) is 8.09. The van der Waals surface area contributed by atoms with Crippen molar-refractivity contribution in [2.75, 3.05) is 16.8 Å². The van der Waals surface area contributed by atoms with E-state index in [1.165, 1.54) is 11.3 Å². The number of hydrogen-bond acceptors (Lipinski definition) is 4. The Hall–Kier alpha value is -3.12. The molecule has 0 saturated carbocycles. The molecule has 0 atom stereocenters. The number of amides is 2. The maximum Gasteiger partial charge on any atom is 0.268 e. The Morgan fingerprint density at radius 3 is 2.59 bits per heavy atom. The van der Waals surface area contributed by atoms with Crippen LogP contribution in [0, 0.1) is 0 Å². The summed E-state index contributed by atoms with van der Waals surface area (Å²) >= 11 is 1.44. The molecule has 148 valence electrons. The van der Waals surface area contributed by atoms with E-state index in [1.807, 2.05) is 49.6 Å². The first-order chi connectivity index (χ1) is 14.0. The topological polar surface area (TPSA) is 58.6 Å². The Morgan fingerprint density at radius 2 is 1.90 bits per heavy atom. The van der Waals surface area contributed by atoms with Gasteiger partial charge in [-0.2, -0.15) is 0 Å². The number of carbonyl (C=O) groups is 2. The van der Waals surface area contributed by atoms with Crippen molar-refractivity contribution in [3.8, 4) is 5.75 Å². The zero-order valence-electron chi connectivity index (χ0n) is 16.3. The summed E-state index contributed by atoms with van der Waals surface area (Å²) < 4.78 is 5.61. The van der Waals surface area contributed by atoms with Gasteiger partial charge in [0, 0.05) is 23.5 Å². The fourth-order valence-electron chi connectivity index (χ4n) is 3.36. The standard InChI is InChI=1S/C23H22N2O3S/c1-15(2)28-19-9-6-17(7-10-19)22(26)24-18-8-5-16-11-12-25(20(16)14-18)23(27)21-4-3-13-29-21/h3-10,13-15H,11-12H2,1-2H3,(H,24,26). The van der Waals surface area contributed by atoms with Gasteiger partial charge in [0.15, 0.2) is 0 Å². The third-order valence-electron chi connectivity index (χ3n) is 4.70. The van der Waals surface area contributed by atoms with Crippen LogP contribution in [0.1, 0.15) is 39.4 Å². The van der Waals surface area contributed by atoms with Crippen molar-refractivity contribution in [2.24, 2.45) is 0 Å². The normalized spacial score (nSPS) is 12.7. The molecule has 0 saturated heterocycles. The minimum absolute atomic E-state index is 0.00275. The van der Waals surface area contributed by atoms with Gasteiger partial charge in [-0.25, -0.2) is 0 Å². The maximum absolute atomic E-state index is 12.8. The molecule has 3 aromatic rings. The van der Waals surface area contributed by atoms with Crippen molar-refractivity contribution in [1.82, 2.24) is 0 Å².